The summed E-state index contributed by atoms with van der Waals surface area (Å²) in [4.78, 5) is 15.4. The number of aliphatic imine (C=N–C) groups is 1. The second kappa shape index (κ2) is 8.60. The zero-order valence-corrected chi connectivity index (χ0v) is 9.38. The van der Waals surface area contributed by atoms with Crippen LogP contribution in [0.15, 0.2) is 53.6 Å². The number of rotatable bonds is 0. The first-order valence-electron chi connectivity index (χ1n) is 5.60. The molecule has 1 heterocycles. The van der Waals surface area contributed by atoms with Crippen molar-refractivity contribution in [2.75, 3.05) is 6.54 Å². The number of carbonyl (C=O) groups is 1. The highest BCUT2D eigenvalue weighted by atomic mass is 16.1. The highest BCUT2D eigenvalue weighted by Gasteiger charge is 1.86. The molecule has 2 heteroatoms. The van der Waals surface area contributed by atoms with Crippen LogP contribution in [0.3, 0.4) is 0 Å². The zero-order chi connectivity index (χ0) is 11.5. The number of hydrogen-bond donors (Lipinski definition) is 0. The normalized spacial score (nSPS) is 18.4. The Bertz CT molecular complexity index is 346. The van der Waals surface area contributed by atoms with E-state index in [4.69, 9.17) is 0 Å². The first kappa shape index (κ1) is 12.4. The molecule has 0 spiro atoms. The first-order chi connectivity index (χ1) is 7.89. The number of nitrogens with zero attached hydrogens (tertiary/aromatic N) is 1. The second-order valence-electron chi connectivity index (χ2n) is 3.48. The molecule has 0 aromatic heterocycles. The molecule has 0 atom stereocenters. The van der Waals surface area contributed by atoms with Gasteiger partial charge in [0.25, 0.3) is 0 Å². The molecule has 0 amide bonds. The highest BCUT2D eigenvalue weighted by molar-refractivity contribution is 6.01. The van der Waals surface area contributed by atoms with Crippen LogP contribution in [-0.4, -0.2) is 18.5 Å². The maximum atomic E-state index is 11.2. The van der Waals surface area contributed by atoms with Crippen LogP contribution < -0.4 is 0 Å². The predicted molar refractivity (Wildman–Crippen MR) is 68.8 cm³/mol. The van der Waals surface area contributed by atoms with Crippen LogP contribution in [0.5, 0.6) is 0 Å². The molecule has 0 aromatic carbocycles. The van der Waals surface area contributed by atoms with Gasteiger partial charge in [-0.2, -0.15) is 0 Å². The van der Waals surface area contributed by atoms with Crippen LogP contribution >= 0.6 is 0 Å². The van der Waals surface area contributed by atoms with Crippen LogP contribution in [0, 0.1) is 0 Å². The number of allylic oxidation sites excluding steroid dienone is 8. The maximum absolute atomic E-state index is 11.2. The molecule has 1 aliphatic rings. The van der Waals surface area contributed by atoms with E-state index in [0.29, 0.717) is 0 Å². The summed E-state index contributed by atoms with van der Waals surface area (Å²) in [5, 5.41) is 0. The van der Waals surface area contributed by atoms with Gasteiger partial charge in [0.2, 0.25) is 0 Å². The van der Waals surface area contributed by atoms with E-state index in [1.807, 2.05) is 18.2 Å². The van der Waals surface area contributed by atoms with Crippen LogP contribution in [0.1, 0.15) is 19.3 Å². The molecular formula is C14H17NO. The van der Waals surface area contributed by atoms with E-state index >= 15 is 0 Å². The van der Waals surface area contributed by atoms with E-state index < -0.39 is 0 Å². The molecular weight excluding hydrogens is 198 g/mol. The predicted octanol–water partition coefficient (Wildman–Crippen LogP) is 3.04. The fourth-order valence-electron chi connectivity index (χ4n) is 1.25. The van der Waals surface area contributed by atoms with Gasteiger partial charge in [-0.05, 0) is 37.5 Å². The lowest BCUT2D eigenvalue weighted by atomic mass is 10.2. The van der Waals surface area contributed by atoms with E-state index in [1.165, 1.54) is 12.2 Å². The Morgan fingerprint density at radius 1 is 0.938 bits per heavy atom. The molecule has 0 aromatic rings. The molecule has 1 aliphatic heterocycles. The molecule has 0 aliphatic carbocycles. The van der Waals surface area contributed by atoms with Gasteiger partial charge in [0.1, 0.15) is 0 Å². The zero-order valence-electron chi connectivity index (χ0n) is 9.38. The van der Waals surface area contributed by atoms with Gasteiger partial charge in [0.15, 0.2) is 5.78 Å². The Hall–Kier alpha value is -1.70. The van der Waals surface area contributed by atoms with Crippen molar-refractivity contribution in [1.82, 2.24) is 0 Å². The summed E-state index contributed by atoms with van der Waals surface area (Å²) in [5.74, 6) is -0.0186. The molecule has 84 valence electrons. The van der Waals surface area contributed by atoms with Crippen molar-refractivity contribution in [2.45, 2.75) is 19.3 Å². The molecule has 0 N–H and O–H groups in total. The summed E-state index contributed by atoms with van der Waals surface area (Å²) in [7, 11) is 0. The van der Waals surface area contributed by atoms with Crippen molar-refractivity contribution in [1.29, 1.82) is 0 Å². The Kier molecular flexibility index (Phi) is 6.65. The summed E-state index contributed by atoms with van der Waals surface area (Å²) in [6, 6.07) is 0. The largest absolute Gasteiger partial charge is 0.293 e. The summed E-state index contributed by atoms with van der Waals surface area (Å²) >= 11 is 0. The Morgan fingerprint density at radius 2 is 1.75 bits per heavy atom. The minimum Gasteiger partial charge on any atom is -0.293 e. The summed E-state index contributed by atoms with van der Waals surface area (Å²) < 4.78 is 0. The van der Waals surface area contributed by atoms with Crippen molar-refractivity contribution in [2.24, 2.45) is 4.99 Å². The topological polar surface area (TPSA) is 29.4 Å². The van der Waals surface area contributed by atoms with E-state index in [-0.39, 0.29) is 5.78 Å². The van der Waals surface area contributed by atoms with Gasteiger partial charge in [-0.15, -0.1) is 0 Å². The van der Waals surface area contributed by atoms with E-state index in [0.717, 1.165) is 25.8 Å². The smallest absolute Gasteiger partial charge is 0.178 e. The van der Waals surface area contributed by atoms with Crippen LogP contribution in [0.25, 0.3) is 0 Å². The quantitative estimate of drug-likeness (QED) is 0.610. The third-order valence-corrected chi connectivity index (χ3v) is 2.09. The Morgan fingerprint density at radius 3 is 2.69 bits per heavy atom. The summed E-state index contributed by atoms with van der Waals surface area (Å²) in [5.41, 5.74) is 0. The lowest BCUT2D eigenvalue weighted by Gasteiger charge is -1.91. The summed E-state index contributed by atoms with van der Waals surface area (Å²) in [6.45, 7) is 0.831. The molecule has 1 rings (SSSR count). The highest BCUT2D eigenvalue weighted by Crippen LogP contribution is 1.97. The van der Waals surface area contributed by atoms with Gasteiger partial charge in [-0.1, -0.05) is 30.4 Å². The average molecular weight is 215 g/mol. The molecule has 0 fully saturated rings. The third kappa shape index (κ3) is 6.71. The molecule has 0 radical (unpaired) electrons. The van der Waals surface area contributed by atoms with Gasteiger partial charge in [-0.25, -0.2) is 0 Å². The fourth-order valence-corrected chi connectivity index (χ4v) is 1.25. The molecule has 0 bridgehead atoms. The first-order valence-corrected chi connectivity index (χ1v) is 5.60. The van der Waals surface area contributed by atoms with Crippen LogP contribution in [0.2, 0.25) is 0 Å². The number of hydrogen-bond acceptors (Lipinski definition) is 2. The van der Waals surface area contributed by atoms with E-state index in [2.05, 4.69) is 11.1 Å². The van der Waals surface area contributed by atoms with Crippen LogP contribution in [-0.2, 0) is 4.79 Å². The maximum Gasteiger partial charge on any atom is 0.178 e. The average Bonchev–Trinajstić information content (AvgIpc) is 2.29. The van der Waals surface area contributed by atoms with Gasteiger partial charge < -0.3 is 0 Å². The number of carbonyl (C=O) groups excluding carboxylic acids is 1. The van der Waals surface area contributed by atoms with Crippen molar-refractivity contribution in [3.05, 3.63) is 48.6 Å². The third-order valence-electron chi connectivity index (χ3n) is 2.09. The summed E-state index contributed by atoms with van der Waals surface area (Å²) in [6.07, 6.45) is 19.4. The molecule has 16 heavy (non-hydrogen) atoms. The Labute approximate surface area is 96.8 Å². The molecule has 0 saturated carbocycles. The van der Waals surface area contributed by atoms with Gasteiger partial charge in [-0.3, -0.25) is 9.79 Å². The SMILES string of the molecule is O=C1C=CC=CC=CCCCCN=CC=C1. The minimum atomic E-state index is -0.0186. The van der Waals surface area contributed by atoms with Crippen molar-refractivity contribution >= 4 is 12.0 Å². The standard InChI is InChI=1S/C14H17NO/c16-14-10-7-5-3-1-2-4-6-8-12-15-13-9-11-14/h1-3,5,7,9-11,13H,4,6,8,12H2. The van der Waals surface area contributed by atoms with Crippen molar-refractivity contribution in [3.8, 4) is 0 Å². The van der Waals surface area contributed by atoms with Gasteiger partial charge in [0.05, 0.1) is 0 Å². The van der Waals surface area contributed by atoms with Gasteiger partial charge >= 0.3 is 0 Å². The lowest BCUT2D eigenvalue weighted by Crippen LogP contribution is -1.85. The number of ketones is 1. The second-order valence-corrected chi connectivity index (χ2v) is 3.48. The van der Waals surface area contributed by atoms with E-state index in [1.54, 1.807) is 18.4 Å². The van der Waals surface area contributed by atoms with E-state index in [9.17, 15) is 4.79 Å². The van der Waals surface area contributed by atoms with Crippen LogP contribution in [0.4, 0.5) is 0 Å². The van der Waals surface area contributed by atoms with Crippen molar-refractivity contribution in [3.63, 3.8) is 0 Å². The molecule has 2 nitrogen and oxygen atoms in total. The molecule has 0 unspecified atom stereocenters. The lowest BCUT2D eigenvalue weighted by molar-refractivity contribution is -0.110. The Balaban J connectivity index is 2.57. The fraction of sp³-hybridized carbons (Fsp3) is 0.286. The monoisotopic (exact) mass is 215 g/mol. The minimum absolute atomic E-state index is 0.0186. The molecule has 0 saturated heterocycles. The van der Waals surface area contributed by atoms with Crippen molar-refractivity contribution < 1.29 is 4.79 Å². The van der Waals surface area contributed by atoms with Gasteiger partial charge in [0, 0.05) is 12.8 Å².